The molecule has 1 aromatic heterocycles. The van der Waals surface area contributed by atoms with Crippen molar-refractivity contribution in [1.82, 2.24) is 10.2 Å². The minimum Gasteiger partial charge on any atom is -0.382 e. The Balaban J connectivity index is 1.98. The van der Waals surface area contributed by atoms with Crippen LogP contribution in [0.2, 0.25) is 0 Å². The molecule has 1 aliphatic carbocycles. The smallest absolute Gasteiger partial charge is 0.186 e. The van der Waals surface area contributed by atoms with Gasteiger partial charge in [-0.05, 0) is 24.3 Å². The number of hydrogen-bond donors (Lipinski definition) is 1. The van der Waals surface area contributed by atoms with E-state index in [9.17, 15) is 5.26 Å². The molecule has 1 N–H and O–H groups in total. The van der Waals surface area contributed by atoms with Crippen LogP contribution in [0.25, 0.3) is 10.9 Å². The molecule has 0 saturated heterocycles. The minimum absolute atomic E-state index is 0.358. The molecule has 0 radical (unpaired) electrons. The highest BCUT2D eigenvalue weighted by Crippen LogP contribution is 2.40. The van der Waals surface area contributed by atoms with Crippen LogP contribution >= 0.6 is 0 Å². The lowest BCUT2D eigenvalue weighted by Crippen LogP contribution is -2.33. The monoisotopic (exact) mass is 252 g/mol. The zero-order chi connectivity index (χ0) is 13.3. The van der Waals surface area contributed by atoms with Crippen LogP contribution in [0.1, 0.15) is 31.9 Å². The van der Waals surface area contributed by atoms with Gasteiger partial charge in [0.05, 0.1) is 11.2 Å². The van der Waals surface area contributed by atoms with Crippen LogP contribution in [0.4, 0.5) is 5.69 Å². The number of anilines is 1. The number of hydrogen-bond acceptors (Lipinski definition) is 4. The summed E-state index contributed by atoms with van der Waals surface area (Å²) in [6, 6.07) is 9.91. The predicted molar refractivity (Wildman–Crippen MR) is 74.7 cm³/mol. The molecule has 2 aromatic rings. The average molecular weight is 252 g/mol. The van der Waals surface area contributed by atoms with Crippen molar-refractivity contribution in [3.05, 3.63) is 30.0 Å². The number of nitrogens with one attached hydrogen (secondary N) is 1. The molecule has 0 spiro atoms. The molecule has 0 amide bonds. The molecule has 0 aliphatic heterocycles. The van der Waals surface area contributed by atoms with E-state index in [1.165, 1.54) is 19.3 Å². The Labute approximate surface area is 112 Å². The Morgan fingerprint density at radius 1 is 1.32 bits per heavy atom. The van der Waals surface area contributed by atoms with Crippen molar-refractivity contribution in [3.63, 3.8) is 0 Å². The second kappa shape index (κ2) is 4.51. The van der Waals surface area contributed by atoms with Gasteiger partial charge in [-0.2, -0.15) is 5.26 Å². The average Bonchev–Trinajstić information content (AvgIpc) is 2.42. The minimum atomic E-state index is 0.358. The van der Waals surface area contributed by atoms with Crippen molar-refractivity contribution in [3.8, 4) is 6.07 Å². The molecule has 1 aliphatic rings. The standard InChI is InChI=1S/C15H16N4/c1-15(7-4-8-15)10-17-14-11-5-2-3-6-12(11)18-19-13(14)9-16/h2-3,5-6H,4,7-8,10H2,1H3,(H,17,18). The van der Waals surface area contributed by atoms with E-state index < -0.39 is 0 Å². The summed E-state index contributed by atoms with van der Waals surface area (Å²) in [6.07, 6.45) is 3.80. The van der Waals surface area contributed by atoms with Crippen molar-refractivity contribution in [1.29, 1.82) is 5.26 Å². The maximum absolute atomic E-state index is 9.19. The fourth-order valence-electron chi connectivity index (χ4n) is 2.57. The van der Waals surface area contributed by atoms with Gasteiger partial charge in [0.15, 0.2) is 5.69 Å². The van der Waals surface area contributed by atoms with Crippen LogP contribution in [-0.2, 0) is 0 Å². The van der Waals surface area contributed by atoms with Crippen LogP contribution in [0.3, 0.4) is 0 Å². The van der Waals surface area contributed by atoms with Crippen molar-refractivity contribution in [2.75, 3.05) is 11.9 Å². The SMILES string of the molecule is CC1(CNc2c(C#N)nnc3ccccc23)CCC1. The number of fused-ring (bicyclic) bond motifs is 1. The molecule has 1 saturated carbocycles. The zero-order valence-electron chi connectivity index (χ0n) is 11.0. The summed E-state index contributed by atoms with van der Waals surface area (Å²) in [4.78, 5) is 0. The summed E-state index contributed by atoms with van der Waals surface area (Å²) in [5.41, 5.74) is 2.38. The normalized spacial score (nSPS) is 16.6. The lowest BCUT2D eigenvalue weighted by Gasteiger charge is -2.38. The molecule has 0 bridgehead atoms. The Bertz CT molecular complexity index is 653. The summed E-state index contributed by atoms with van der Waals surface area (Å²) in [5, 5.41) is 21.7. The molecule has 1 aromatic carbocycles. The fourth-order valence-corrected chi connectivity index (χ4v) is 2.57. The number of benzene rings is 1. The largest absolute Gasteiger partial charge is 0.382 e. The lowest BCUT2D eigenvalue weighted by molar-refractivity contribution is 0.180. The Hall–Kier alpha value is -2.15. The van der Waals surface area contributed by atoms with Gasteiger partial charge in [-0.1, -0.05) is 31.5 Å². The van der Waals surface area contributed by atoms with Crippen LogP contribution in [0, 0.1) is 16.7 Å². The molecule has 4 nitrogen and oxygen atoms in total. The van der Waals surface area contributed by atoms with E-state index in [0.29, 0.717) is 11.1 Å². The third kappa shape index (κ3) is 2.12. The summed E-state index contributed by atoms with van der Waals surface area (Å²) >= 11 is 0. The number of rotatable bonds is 3. The van der Waals surface area contributed by atoms with Gasteiger partial charge in [0.2, 0.25) is 0 Å². The highest BCUT2D eigenvalue weighted by molar-refractivity contribution is 5.92. The van der Waals surface area contributed by atoms with Gasteiger partial charge >= 0.3 is 0 Å². The third-order valence-electron chi connectivity index (χ3n) is 4.03. The topological polar surface area (TPSA) is 61.6 Å². The molecule has 1 fully saturated rings. The van der Waals surface area contributed by atoms with Crippen molar-refractivity contribution < 1.29 is 0 Å². The summed E-state index contributed by atoms with van der Waals surface area (Å²) in [5.74, 6) is 0. The molecule has 4 heteroatoms. The second-order valence-corrected chi connectivity index (χ2v) is 5.57. The van der Waals surface area contributed by atoms with E-state index in [-0.39, 0.29) is 0 Å². The van der Waals surface area contributed by atoms with Gasteiger partial charge in [0.25, 0.3) is 0 Å². The summed E-state index contributed by atoms with van der Waals surface area (Å²) in [7, 11) is 0. The van der Waals surface area contributed by atoms with Gasteiger partial charge in [-0.15, -0.1) is 10.2 Å². The maximum atomic E-state index is 9.19. The van der Waals surface area contributed by atoms with Gasteiger partial charge in [0, 0.05) is 11.9 Å². The Kier molecular flexibility index (Phi) is 2.83. The number of nitriles is 1. The van der Waals surface area contributed by atoms with Crippen LogP contribution in [0.5, 0.6) is 0 Å². The summed E-state index contributed by atoms with van der Waals surface area (Å²) < 4.78 is 0. The highest BCUT2D eigenvalue weighted by Gasteiger charge is 2.31. The van der Waals surface area contributed by atoms with E-state index >= 15 is 0 Å². The van der Waals surface area contributed by atoms with Crippen molar-refractivity contribution >= 4 is 16.6 Å². The van der Waals surface area contributed by atoms with Crippen LogP contribution in [-0.4, -0.2) is 16.7 Å². The quantitative estimate of drug-likeness (QED) is 0.911. The van der Waals surface area contributed by atoms with Gasteiger partial charge < -0.3 is 5.32 Å². The molecule has 96 valence electrons. The molecular weight excluding hydrogens is 236 g/mol. The van der Waals surface area contributed by atoms with E-state index in [1.54, 1.807) is 0 Å². The molecule has 0 unspecified atom stereocenters. The maximum Gasteiger partial charge on any atom is 0.186 e. The van der Waals surface area contributed by atoms with E-state index in [4.69, 9.17) is 0 Å². The second-order valence-electron chi connectivity index (χ2n) is 5.57. The van der Waals surface area contributed by atoms with Gasteiger partial charge in [0.1, 0.15) is 6.07 Å². The molecule has 1 heterocycles. The van der Waals surface area contributed by atoms with Crippen LogP contribution < -0.4 is 5.32 Å². The first-order chi connectivity index (χ1) is 9.22. The van der Waals surface area contributed by atoms with E-state index in [1.807, 2.05) is 24.3 Å². The van der Waals surface area contributed by atoms with Crippen LogP contribution in [0.15, 0.2) is 24.3 Å². The Morgan fingerprint density at radius 3 is 2.79 bits per heavy atom. The number of nitrogens with zero attached hydrogens (tertiary/aromatic N) is 3. The van der Waals surface area contributed by atoms with Crippen molar-refractivity contribution in [2.24, 2.45) is 5.41 Å². The Morgan fingerprint density at radius 2 is 2.11 bits per heavy atom. The molecule has 3 rings (SSSR count). The van der Waals surface area contributed by atoms with E-state index in [0.717, 1.165) is 23.1 Å². The highest BCUT2D eigenvalue weighted by atomic mass is 15.1. The third-order valence-corrected chi connectivity index (χ3v) is 4.03. The van der Waals surface area contributed by atoms with Gasteiger partial charge in [-0.25, -0.2) is 0 Å². The van der Waals surface area contributed by atoms with Crippen molar-refractivity contribution in [2.45, 2.75) is 26.2 Å². The molecular formula is C15H16N4. The predicted octanol–water partition coefficient (Wildman–Crippen LogP) is 3.10. The van der Waals surface area contributed by atoms with Gasteiger partial charge in [-0.3, -0.25) is 0 Å². The first-order valence-corrected chi connectivity index (χ1v) is 6.61. The lowest BCUT2D eigenvalue weighted by atomic mass is 9.70. The fraction of sp³-hybridized carbons (Fsp3) is 0.400. The first kappa shape index (κ1) is 11.9. The number of aromatic nitrogens is 2. The molecule has 19 heavy (non-hydrogen) atoms. The van der Waals surface area contributed by atoms with E-state index in [2.05, 4.69) is 28.5 Å². The molecule has 0 atom stereocenters. The summed E-state index contributed by atoms with van der Waals surface area (Å²) in [6.45, 7) is 3.17. The zero-order valence-corrected chi connectivity index (χ0v) is 11.0. The first-order valence-electron chi connectivity index (χ1n) is 6.61.